The fourth-order valence-corrected chi connectivity index (χ4v) is 4.54. The maximum Gasteiger partial charge on any atom is 0.165 e. The number of rotatable bonds is 2. The summed E-state index contributed by atoms with van der Waals surface area (Å²) < 4.78 is 27.5. The summed E-state index contributed by atoms with van der Waals surface area (Å²) in [6.07, 6.45) is 1.44. The first kappa shape index (κ1) is 18.0. The molecule has 0 unspecified atom stereocenters. The van der Waals surface area contributed by atoms with Crippen molar-refractivity contribution < 1.29 is 13.6 Å². The molecule has 0 bridgehead atoms. The van der Waals surface area contributed by atoms with Crippen LogP contribution in [0.3, 0.4) is 0 Å². The topological polar surface area (TPSA) is 45.8 Å². The molecular weight excluding hydrogens is 370 g/mol. The van der Waals surface area contributed by atoms with Gasteiger partial charge in [-0.2, -0.15) is 0 Å². The zero-order valence-corrected chi connectivity index (χ0v) is 16.3. The van der Waals surface area contributed by atoms with E-state index in [0.29, 0.717) is 29.7 Å². The fraction of sp³-hybridized carbons (Fsp3) is 0.250. The first-order valence-corrected chi connectivity index (χ1v) is 9.71. The molecule has 5 heteroatoms. The van der Waals surface area contributed by atoms with Crippen LogP contribution >= 0.6 is 0 Å². The predicted molar refractivity (Wildman–Crippen MR) is 109 cm³/mol. The van der Waals surface area contributed by atoms with E-state index in [1.165, 1.54) is 12.1 Å². The molecule has 0 aliphatic heterocycles. The Bertz CT molecular complexity index is 1280. The molecule has 146 valence electrons. The van der Waals surface area contributed by atoms with Crippen molar-refractivity contribution in [1.82, 2.24) is 9.97 Å². The summed E-state index contributed by atoms with van der Waals surface area (Å²) in [6, 6.07) is 11.4. The Kier molecular flexibility index (Phi) is 3.85. The number of aromatic amines is 1. The van der Waals surface area contributed by atoms with Crippen LogP contribution in [0.2, 0.25) is 0 Å². The second-order valence-electron chi connectivity index (χ2n) is 8.70. The highest BCUT2D eigenvalue weighted by Crippen LogP contribution is 2.40. The minimum Gasteiger partial charge on any atom is -0.353 e. The van der Waals surface area contributed by atoms with Crippen LogP contribution in [0, 0.1) is 17.0 Å². The second-order valence-corrected chi connectivity index (χ2v) is 8.70. The summed E-state index contributed by atoms with van der Waals surface area (Å²) in [7, 11) is 0. The molecule has 2 heterocycles. The van der Waals surface area contributed by atoms with Crippen molar-refractivity contribution in [1.29, 1.82) is 0 Å². The van der Waals surface area contributed by atoms with Gasteiger partial charge in [-0.15, -0.1) is 0 Å². The van der Waals surface area contributed by atoms with Gasteiger partial charge < -0.3 is 4.98 Å². The molecule has 0 fully saturated rings. The van der Waals surface area contributed by atoms with E-state index < -0.39 is 11.6 Å². The third-order valence-corrected chi connectivity index (χ3v) is 5.66. The minimum atomic E-state index is -0.609. The van der Waals surface area contributed by atoms with Crippen molar-refractivity contribution in [3.8, 4) is 0 Å². The van der Waals surface area contributed by atoms with E-state index in [1.54, 1.807) is 0 Å². The van der Waals surface area contributed by atoms with Crippen LogP contribution in [-0.4, -0.2) is 15.8 Å². The van der Waals surface area contributed by atoms with Gasteiger partial charge in [0.25, 0.3) is 0 Å². The molecule has 2 aromatic heterocycles. The molecule has 0 saturated heterocycles. The quantitative estimate of drug-likeness (QED) is 0.474. The standard InChI is InChI=1S/C24H20F2N2O/c1-24(2)11-19-22(20(29)12-24)21-16-5-3-4-6-17(16)28-23(21)18(27-19)9-13-7-14(25)10-15(26)8-13/h3-8,10,28H,9,11-12H2,1-2H3. The van der Waals surface area contributed by atoms with Crippen molar-refractivity contribution in [3.05, 3.63) is 76.6 Å². The molecule has 5 rings (SSSR count). The molecule has 0 atom stereocenters. The highest BCUT2D eigenvalue weighted by Gasteiger charge is 2.34. The Morgan fingerprint density at radius 1 is 1.07 bits per heavy atom. The number of H-pyrrole nitrogens is 1. The van der Waals surface area contributed by atoms with Crippen molar-refractivity contribution in [2.45, 2.75) is 33.1 Å². The number of carbonyl (C=O) groups is 1. The van der Waals surface area contributed by atoms with Gasteiger partial charge in [-0.3, -0.25) is 9.78 Å². The zero-order valence-electron chi connectivity index (χ0n) is 16.3. The van der Waals surface area contributed by atoms with Crippen LogP contribution in [0.1, 0.15) is 47.6 Å². The SMILES string of the molecule is CC1(C)CC(=O)c2c(nc(Cc3cc(F)cc(F)c3)c3[nH]c4ccccc4c23)C1. The van der Waals surface area contributed by atoms with Gasteiger partial charge in [-0.05, 0) is 35.6 Å². The van der Waals surface area contributed by atoms with Crippen LogP contribution in [0.4, 0.5) is 8.78 Å². The zero-order chi connectivity index (χ0) is 20.3. The number of fused-ring (bicyclic) bond motifs is 5. The molecule has 4 aromatic rings. The average Bonchev–Trinajstić information content (AvgIpc) is 2.99. The number of halogens is 2. The number of Topliss-reactive ketones (excluding diaryl/α,β-unsaturated/α-hetero) is 1. The number of para-hydroxylation sites is 1. The number of nitrogens with one attached hydrogen (secondary N) is 1. The molecule has 0 amide bonds. The third kappa shape index (κ3) is 3.01. The largest absolute Gasteiger partial charge is 0.353 e. The van der Waals surface area contributed by atoms with Gasteiger partial charge in [-0.1, -0.05) is 32.0 Å². The van der Waals surface area contributed by atoms with E-state index in [0.717, 1.165) is 33.6 Å². The van der Waals surface area contributed by atoms with Gasteiger partial charge in [0.15, 0.2) is 5.78 Å². The van der Waals surface area contributed by atoms with Crippen molar-refractivity contribution in [3.63, 3.8) is 0 Å². The van der Waals surface area contributed by atoms with Crippen LogP contribution in [-0.2, 0) is 12.8 Å². The number of hydrogen-bond donors (Lipinski definition) is 1. The maximum absolute atomic E-state index is 13.7. The Morgan fingerprint density at radius 3 is 2.55 bits per heavy atom. The van der Waals surface area contributed by atoms with Gasteiger partial charge in [0, 0.05) is 40.8 Å². The molecular formula is C24H20F2N2O. The van der Waals surface area contributed by atoms with E-state index in [4.69, 9.17) is 4.98 Å². The van der Waals surface area contributed by atoms with Gasteiger partial charge >= 0.3 is 0 Å². The summed E-state index contributed by atoms with van der Waals surface area (Å²) in [6.45, 7) is 4.13. The van der Waals surface area contributed by atoms with Gasteiger partial charge in [0.05, 0.1) is 16.9 Å². The van der Waals surface area contributed by atoms with E-state index in [2.05, 4.69) is 18.8 Å². The monoisotopic (exact) mass is 390 g/mol. The Labute approximate surface area is 166 Å². The summed E-state index contributed by atoms with van der Waals surface area (Å²) in [5, 5.41) is 1.85. The number of nitrogens with zero attached hydrogens (tertiary/aromatic N) is 1. The summed E-state index contributed by atoms with van der Waals surface area (Å²) in [4.78, 5) is 21.3. The maximum atomic E-state index is 13.7. The summed E-state index contributed by atoms with van der Waals surface area (Å²) in [5.41, 5.74) is 4.19. The lowest BCUT2D eigenvalue weighted by atomic mass is 9.74. The normalized spacial score (nSPS) is 15.8. The van der Waals surface area contributed by atoms with Crippen LogP contribution in [0.25, 0.3) is 21.8 Å². The molecule has 0 spiro atoms. The summed E-state index contributed by atoms with van der Waals surface area (Å²) >= 11 is 0. The van der Waals surface area contributed by atoms with E-state index in [1.807, 2.05) is 24.3 Å². The minimum absolute atomic E-state index is 0.0989. The lowest BCUT2D eigenvalue weighted by Gasteiger charge is -2.30. The molecule has 1 N–H and O–H groups in total. The smallest absolute Gasteiger partial charge is 0.165 e. The highest BCUT2D eigenvalue weighted by atomic mass is 19.1. The van der Waals surface area contributed by atoms with E-state index in [-0.39, 0.29) is 17.6 Å². The van der Waals surface area contributed by atoms with Crippen molar-refractivity contribution >= 4 is 27.6 Å². The lowest BCUT2D eigenvalue weighted by molar-refractivity contribution is 0.0912. The van der Waals surface area contributed by atoms with Gasteiger partial charge in [0.2, 0.25) is 0 Å². The van der Waals surface area contributed by atoms with Gasteiger partial charge in [-0.25, -0.2) is 8.78 Å². The van der Waals surface area contributed by atoms with Crippen LogP contribution in [0.5, 0.6) is 0 Å². The number of carbonyl (C=O) groups excluding carboxylic acids is 1. The molecule has 3 nitrogen and oxygen atoms in total. The van der Waals surface area contributed by atoms with Gasteiger partial charge in [0.1, 0.15) is 11.6 Å². The van der Waals surface area contributed by atoms with E-state index in [9.17, 15) is 13.6 Å². The first-order valence-electron chi connectivity index (χ1n) is 9.71. The number of pyridine rings is 1. The Balaban J connectivity index is 1.80. The molecule has 0 saturated carbocycles. The molecule has 29 heavy (non-hydrogen) atoms. The number of benzene rings is 2. The Hall–Kier alpha value is -3.08. The summed E-state index contributed by atoms with van der Waals surface area (Å²) in [5.74, 6) is -1.12. The highest BCUT2D eigenvalue weighted by molar-refractivity contribution is 6.19. The second kappa shape index (κ2) is 6.21. The van der Waals surface area contributed by atoms with Crippen molar-refractivity contribution in [2.24, 2.45) is 5.41 Å². The van der Waals surface area contributed by atoms with E-state index >= 15 is 0 Å². The number of aromatic nitrogens is 2. The fourth-order valence-electron chi connectivity index (χ4n) is 4.54. The number of ketones is 1. The first-order chi connectivity index (χ1) is 13.8. The third-order valence-electron chi connectivity index (χ3n) is 5.66. The molecule has 2 aromatic carbocycles. The number of hydrogen-bond acceptors (Lipinski definition) is 2. The van der Waals surface area contributed by atoms with Crippen molar-refractivity contribution in [2.75, 3.05) is 0 Å². The molecule has 0 radical (unpaired) electrons. The lowest BCUT2D eigenvalue weighted by Crippen LogP contribution is -2.28. The Morgan fingerprint density at radius 2 is 1.79 bits per heavy atom. The molecule has 1 aliphatic rings. The van der Waals surface area contributed by atoms with Crippen LogP contribution in [0.15, 0.2) is 42.5 Å². The average molecular weight is 390 g/mol. The molecule has 1 aliphatic carbocycles. The van der Waals surface area contributed by atoms with Crippen LogP contribution < -0.4 is 0 Å². The predicted octanol–water partition coefficient (Wildman–Crippen LogP) is 5.74.